The highest BCUT2D eigenvalue weighted by Crippen LogP contribution is 2.27. The van der Waals surface area contributed by atoms with Gasteiger partial charge in [0.15, 0.2) is 0 Å². The average molecular weight is 279 g/mol. The van der Waals surface area contributed by atoms with E-state index >= 15 is 0 Å². The van der Waals surface area contributed by atoms with E-state index in [1.807, 2.05) is 12.1 Å². The summed E-state index contributed by atoms with van der Waals surface area (Å²) in [4.78, 5) is 11.1. The summed E-state index contributed by atoms with van der Waals surface area (Å²) in [7, 11) is 0. The molecule has 1 aromatic rings. The molecule has 0 saturated carbocycles. The fourth-order valence-electron chi connectivity index (χ4n) is 2.18. The van der Waals surface area contributed by atoms with Crippen molar-refractivity contribution in [3.8, 4) is 5.75 Å². The summed E-state index contributed by atoms with van der Waals surface area (Å²) < 4.78 is 15.6. The van der Waals surface area contributed by atoms with Crippen LogP contribution in [0.25, 0.3) is 0 Å². The minimum atomic E-state index is -0.362. The topological polar surface area (TPSA) is 70.8 Å². The van der Waals surface area contributed by atoms with Crippen LogP contribution < -0.4 is 10.5 Å². The van der Waals surface area contributed by atoms with Crippen molar-refractivity contribution in [3.63, 3.8) is 0 Å². The molecule has 0 saturated heterocycles. The van der Waals surface area contributed by atoms with Crippen molar-refractivity contribution in [1.29, 1.82) is 0 Å². The van der Waals surface area contributed by atoms with Crippen molar-refractivity contribution >= 4 is 5.97 Å². The van der Waals surface area contributed by atoms with Crippen LogP contribution in [0.1, 0.15) is 30.5 Å². The van der Waals surface area contributed by atoms with Crippen molar-refractivity contribution in [2.75, 3.05) is 26.4 Å². The molecule has 1 aliphatic heterocycles. The van der Waals surface area contributed by atoms with Gasteiger partial charge in [-0.3, -0.25) is 0 Å². The van der Waals surface area contributed by atoms with E-state index < -0.39 is 0 Å². The van der Waals surface area contributed by atoms with Crippen molar-refractivity contribution in [2.45, 2.75) is 25.8 Å². The Morgan fingerprint density at radius 1 is 1.50 bits per heavy atom. The molecular formula is C15H21NO4. The molecule has 1 aromatic carbocycles. The summed E-state index contributed by atoms with van der Waals surface area (Å²) in [6, 6.07) is 5.71. The van der Waals surface area contributed by atoms with E-state index in [0.29, 0.717) is 13.2 Å². The SMILES string of the molecule is CCOC(=O)COCC(N)c1ccc2c(c1)CCCO2. The number of aryl methyl sites for hydroxylation is 1. The molecule has 2 rings (SSSR count). The van der Waals surface area contributed by atoms with E-state index in [2.05, 4.69) is 6.07 Å². The maximum atomic E-state index is 11.1. The number of hydrogen-bond donors (Lipinski definition) is 1. The van der Waals surface area contributed by atoms with Crippen molar-refractivity contribution < 1.29 is 19.0 Å². The minimum Gasteiger partial charge on any atom is -0.493 e. The van der Waals surface area contributed by atoms with Gasteiger partial charge >= 0.3 is 5.97 Å². The Hall–Kier alpha value is -1.59. The standard InChI is InChI=1S/C15H21NO4/c1-2-19-15(17)10-18-9-13(16)11-5-6-14-12(8-11)4-3-7-20-14/h5-6,8,13H,2-4,7,9-10,16H2,1H3. The Labute approximate surface area is 119 Å². The molecule has 1 aliphatic rings. The van der Waals surface area contributed by atoms with Crippen molar-refractivity contribution in [3.05, 3.63) is 29.3 Å². The summed E-state index contributed by atoms with van der Waals surface area (Å²) in [5.74, 6) is 0.582. The van der Waals surface area contributed by atoms with E-state index in [9.17, 15) is 4.79 Å². The lowest BCUT2D eigenvalue weighted by Crippen LogP contribution is -2.21. The molecule has 0 radical (unpaired) electrons. The van der Waals surface area contributed by atoms with Crippen LogP contribution in [0.2, 0.25) is 0 Å². The number of esters is 1. The van der Waals surface area contributed by atoms with Crippen LogP contribution in [-0.4, -0.2) is 32.4 Å². The van der Waals surface area contributed by atoms with Gasteiger partial charge in [0, 0.05) is 0 Å². The van der Waals surface area contributed by atoms with Crippen molar-refractivity contribution in [1.82, 2.24) is 0 Å². The van der Waals surface area contributed by atoms with Crippen LogP contribution in [0.3, 0.4) is 0 Å². The Balaban J connectivity index is 1.86. The molecule has 20 heavy (non-hydrogen) atoms. The molecule has 110 valence electrons. The first-order chi connectivity index (χ1) is 9.70. The zero-order valence-corrected chi connectivity index (χ0v) is 11.8. The van der Waals surface area contributed by atoms with E-state index in [1.165, 1.54) is 5.56 Å². The quantitative estimate of drug-likeness (QED) is 0.801. The molecule has 0 amide bonds. The summed E-state index contributed by atoms with van der Waals surface area (Å²) in [5, 5.41) is 0. The van der Waals surface area contributed by atoms with E-state index in [4.69, 9.17) is 19.9 Å². The van der Waals surface area contributed by atoms with Gasteiger partial charge < -0.3 is 19.9 Å². The number of carbonyl (C=O) groups is 1. The molecule has 0 aliphatic carbocycles. The lowest BCUT2D eigenvalue weighted by molar-refractivity contribution is -0.148. The Bertz CT molecular complexity index is 461. The van der Waals surface area contributed by atoms with Crippen molar-refractivity contribution in [2.24, 2.45) is 5.73 Å². The predicted octanol–water partition coefficient (Wildman–Crippen LogP) is 1.59. The first kappa shape index (κ1) is 14.8. The fraction of sp³-hybridized carbons (Fsp3) is 0.533. The number of ether oxygens (including phenoxy) is 3. The van der Waals surface area contributed by atoms with Gasteiger partial charge in [-0.1, -0.05) is 12.1 Å². The van der Waals surface area contributed by atoms with E-state index in [0.717, 1.165) is 30.8 Å². The second-order valence-electron chi connectivity index (χ2n) is 4.75. The van der Waals surface area contributed by atoms with Gasteiger partial charge in [0.2, 0.25) is 0 Å². The maximum Gasteiger partial charge on any atom is 0.332 e. The van der Waals surface area contributed by atoms with Gasteiger partial charge in [0.05, 0.1) is 25.9 Å². The second-order valence-corrected chi connectivity index (χ2v) is 4.75. The highest BCUT2D eigenvalue weighted by atomic mass is 16.6. The normalized spacial score (nSPS) is 15.1. The molecule has 2 N–H and O–H groups in total. The third-order valence-electron chi connectivity index (χ3n) is 3.18. The molecule has 0 bridgehead atoms. The van der Waals surface area contributed by atoms with Gasteiger partial charge in [-0.2, -0.15) is 0 Å². The number of hydrogen-bond acceptors (Lipinski definition) is 5. The molecule has 1 heterocycles. The van der Waals surface area contributed by atoms with Gasteiger partial charge in [0.1, 0.15) is 12.4 Å². The number of rotatable bonds is 6. The molecule has 0 aromatic heterocycles. The van der Waals surface area contributed by atoms with Crippen LogP contribution in [0.5, 0.6) is 5.75 Å². The Morgan fingerprint density at radius 2 is 2.35 bits per heavy atom. The molecule has 0 spiro atoms. The third-order valence-corrected chi connectivity index (χ3v) is 3.18. The van der Waals surface area contributed by atoms with Gasteiger partial charge in [-0.15, -0.1) is 0 Å². The number of fused-ring (bicyclic) bond motifs is 1. The molecule has 1 unspecified atom stereocenters. The summed E-state index contributed by atoms with van der Waals surface area (Å²) in [6.07, 6.45) is 2.05. The van der Waals surface area contributed by atoms with Crippen LogP contribution in [-0.2, 0) is 20.7 Å². The third kappa shape index (κ3) is 3.95. The summed E-state index contributed by atoms with van der Waals surface area (Å²) >= 11 is 0. The van der Waals surface area contributed by atoms with Gasteiger partial charge in [-0.25, -0.2) is 4.79 Å². The van der Waals surface area contributed by atoms with Gasteiger partial charge in [-0.05, 0) is 37.0 Å². The Kier molecular flexibility index (Phi) is 5.38. The van der Waals surface area contributed by atoms with Gasteiger partial charge in [0.25, 0.3) is 0 Å². The zero-order valence-electron chi connectivity index (χ0n) is 11.8. The lowest BCUT2D eigenvalue weighted by Gasteiger charge is -2.20. The zero-order chi connectivity index (χ0) is 14.4. The first-order valence-corrected chi connectivity index (χ1v) is 6.95. The fourth-order valence-corrected chi connectivity index (χ4v) is 2.18. The minimum absolute atomic E-state index is 0.0599. The second kappa shape index (κ2) is 7.26. The molecular weight excluding hydrogens is 258 g/mol. The highest BCUT2D eigenvalue weighted by Gasteiger charge is 2.14. The highest BCUT2D eigenvalue weighted by molar-refractivity contribution is 5.70. The van der Waals surface area contributed by atoms with Crippen LogP contribution >= 0.6 is 0 Å². The number of nitrogens with two attached hydrogens (primary N) is 1. The average Bonchev–Trinajstić information content (AvgIpc) is 2.47. The number of benzene rings is 1. The maximum absolute atomic E-state index is 11.1. The summed E-state index contributed by atoms with van der Waals surface area (Å²) in [5.41, 5.74) is 8.26. The first-order valence-electron chi connectivity index (χ1n) is 6.95. The molecule has 5 heteroatoms. The largest absolute Gasteiger partial charge is 0.493 e. The lowest BCUT2D eigenvalue weighted by atomic mass is 10.00. The van der Waals surface area contributed by atoms with Crippen LogP contribution in [0, 0.1) is 0 Å². The predicted molar refractivity (Wildman–Crippen MR) is 74.6 cm³/mol. The monoisotopic (exact) mass is 279 g/mol. The molecule has 1 atom stereocenters. The molecule has 0 fully saturated rings. The molecule has 5 nitrogen and oxygen atoms in total. The summed E-state index contributed by atoms with van der Waals surface area (Å²) in [6.45, 7) is 3.13. The van der Waals surface area contributed by atoms with E-state index in [-0.39, 0.29) is 18.6 Å². The number of carbonyl (C=O) groups excluding carboxylic acids is 1. The smallest absolute Gasteiger partial charge is 0.332 e. The van der Waals surface area contributed by atoms with Crippen LogP contribution in [0.4, 0.5) is 0 Å². The Morgan fingerprint density at radius 3 is 3.15 bits per heavy atom. The van der Waals surface area contributed by atoms with E-state index in [1.54, 1.807) is 6.92 Å². The van der Waals surface area contributed by atoms with Crippen LogP contribution in [0.15, 0.2) is 18.2 Å².